The predicted octanol–water partition coefficient (Wildman–Crippen LogP) is 6.98. The van der Waals surface area contributed by atoms with E-state index in [1.54, 1.807) is 6.92 Å². The summed E-state index contributed by atoms with van der Waals surface area (Å²) in [6, 6.07) is 0. The number of cyclic esters (lactones) is 1. The third kappa shape index (κ3) is 9.54. The Morgan fingerprint density at radius 1 is 1.20 bits per heavy atom. The zero-order chi connectivity index (χ0) is 26.0. The average Bonchev–Trinajstić information content (AvgIpc) is 3.26. The Balaban J connectivity index is 1.64. The highest BCUT2D eigenvalue weighted by Crippen LogP contribution is 2.25. The summed E-state index contributed by atoms with van der Waals surface area (Å²) < 4.78 is 5.20. The summed E-state index contributed by atoms with van der Waals surface area (Å²) in [6.07, 6.45) is 16.8. The first-order chi connectivity index (χ1) is 16.6. The van der Waals surface area contributed by atoms with Crippen LogP contribution in [0.3, 0.4) is 0 Å². The number of allylic oxidation sites excluding steroid dienone is 5. The van der Waals surface area contributed by atoms with E-state index in [-0.39, 0.29) is 11.7 Å². The number of aliphatic hydroxyl groups is 1. The summed E-state index contributed by atoms with van der Waals surface area (Å²) in [4.78, 5) is 26.0. The van der Waals surface area contributed by atoms with Gasteiger partial charge in [0.25, 0.3) is 0 Å². The van der Waals surface area contributed by atoms with E-state index in [1.807, 2.05) is 11.8 Å². The second kappa shape index (κ2) is 14.1. The monoisotopic (exact) mass is 483 g/mol. The maximum Gasteiger partial charge on any atom is 0.338 e. The van der Waals surface area contributed by atoms with Crippen LogP contribution in [-0.2, 0) is 14.3 Å². The van der Waals surface area contributed by atoms with Crippen molar-refractivity contribution in [1.29, 1.82) is 0 Å². The Kier molecular flexibility index (Phi) is 11.6. The van der Waals surface area contributed by atoms with Crippen molar-refractivity contribution in [3.05, 3.63) is 58.4 Å². The lowest BCUT2D eigenvalue weighted by molar-refractivity contribution is -0.140. The van der Waals surface area contributed by atoms with Crippen LogP contribution in [0.15, 0.2) is 58.4 Å². The fraction of sp³-hybridized carbons (Fsp3) is 0.600. The molecular weight excluding hydrogens is 438 g/mol. The number of hydrogen-bond acceptors (Lipinski definition) is 4. The van der Waals surface area contributed by atoms with Crippen molar-refractivity contribution >= 4 is 11.9 Å². The molecule has 0 aromatic carbocycles. The first-order valence-electron chi connectivity index (χ1n) is 13.2. The van der Waals surface area contributed by atoms with Gasteiger partial charge in [0.15, 0.2) is 6.10 Å². The van der Waals surface area contributed by atoms with Crippen LogP contribution in [0.1, 0.15) is 86.5 Å². The minimum Gasteiger partial charge on any atom is -0.508 e. The SMILES string of the molecule is CC1=C(O)[C@@H](C/C(C)=C\CC[C@H](C)/C=C/C=C(\C)CCCC2=CCN(CCC(C)C)C2=O)OC1=O. The van der Waals surface area contributed by atoms with Crippen molar-refractivity contribution in [2.24, 2.45) is 11.8 Å². The highest BCUT2D eigenvalue weighted by molar-refractivity contribution is 5.95. The first-order valence-corrected chi connectivity index (χ1v) is 13.2. The molecule has 2 rings (SSSR count). The summed E-state index contributed by atoms with van der Waals surface area (Å²) in [5, 5.41) is 9.97. The van der Waals surface area contributed by atoms with Gasteiger partial charge in [-0.15, -0.1) is 0 Å². The second-order valence-electron chi connectivity index (χ2n) is 10.6. The lowest BCUT2D eigenvalue weighted by Gasteiger charge is -2.17. The fourth-order valence-electron chi connectivity index (χ4n) is 4.28. The lowest BCUT2D eigenvalue weighted by Crippen LogP contribution is -2.28. The van der Waals surface area contributed by atoms with Crippen LogP contribution in [0.5, 0.6) is 0 Å². The molecule has 0 fully saturated rings. The van der Waals surface area contributed by atoms with Crippen LogP contribution in [0.4, 0.5) is 0 Å². The average molecular weight is 484 g/mol. The Hall–Kier alpha value is -2.56. The maximum absolute atomic E-state index is 12.5. The van der Waals surface area contributed by atoms with Gasteiger partial charge in [-0.05, 0) is 71.1 Å². The summed E-state index contributed by atoms with van der Waals surface area (Å²) in [5.41, 5.74) is 3.76. The van der Waals surface area contributed by atoms with E-state index in [0.717, 1.165) is 62.8 Å². The maximum atomic E-state index is 12.5. The van der Waals surface area contributed by atoms with Gasteiger partial charge in [-0.3, -0.25) is 4.79 Å². The van der Waals surface area contributed by atoms with Crippen molar-refractivity contribution < 1.29 is 19.4 Å². The number of ether oxygens (including phenoxy) is 1. The Bertz CT molecular complexity index is 903. The van der Waals surface area contributed by atoms with E-state index in [9.17, 15) is 14.7 Å². The van der Waals surface area contributed by atoms with Gasteiger partial charge < -0.3 is 14.7 Å². The number of aliphatic hydroxyl groups excluding tert-OH is 1. The number of amides is 1. The van der Waals surface area contributed by atoms with E-state index in [1.165, 1.54) is 5.57 Å². The van der Waals surface area contributed by atoms with Crippen LogP contribution in [0, 0.1) is 11.8 Å². The van der Waals surface area contributed by atoms with E-state index in [4.69, 9.17) is 4.74 Å². The van der Waals surface area contributed by atoms with Gasteiger partial charge in [-0.2, -0.15) is 0 Å². The molecule has 2 aliphatic rings. The van der Waals surface area contributed by atoms with Crippen molar-refractivity contribution in [3.63, 3.8) is 0 Å². The number of hydrogen-bond donors (Lipinski definition) is 1. The molecule has 5 heteroatoms. The van der Waals surface area contributed by atoms with Gasteiger partial charge >= 0.3 is 5.97 Å². The zero-order valence-electron chi connectivity index (χ0n) is 22.6. The molecule has 2 aliphatic heterocycles. The molecule has 1 amide bonds. The quantitative estimate of drug-likeness (QED) is 0.164. The van der Waals surface area contributed by atoms with Gasteiger partial charge in [-0.25, -0.2) is 4.79 Å². The van der Waals surface area contributed by atoms with Crippen LogP contribution in [0.25, 0.3) is 0 Å². The summed E-state index contributed by atoms with van der Waals surface area (Å²) >= 11 is 0. The molecule has 0 aromatic heterocycles. The van der Waals surface area contributed by atoms with Gasteiger partial charge in [0, 0.05) is 25.1 Å². The van der Waals surface area contributed by atoms with Crippen LogP contribution < -0.4 is 0 Å². The molecule has 0 saturated heterocycles. The number of carbonyl (C=O) groups excluding carboxylic acids is 2. The molecule has 0 saturated carbocycles. The standard InChI is InChI=1S/C30H45NO4/c1-21(2)16-18-31-19-17-26(29(31)33)15-9-13-23(4)11-7-10-22(3)12-8-14-24(5)20-27-28(32)25(6)30(34)35-27/h7,10-11,14,17,21-22,27,32H,8-9,12-13,15-16,18-20H2,1-6H3/b10-7+,23-11+,24-14-/t22-,27-/m1/s1. The second-order valence-corrected chi connectivity index (χ2v) is 10.6. The van der Waals surface area contributed by atoms with Crippen LogP contribution >= 0.6 is 0 Å². The minimum atomic E-state index is -0.531. The third-order valence-electron chi connectivity index (χ3n) is 6.80. The van der Waals surface area contributed by atoms with E-state index in [0.29, 0.717) is 23.8 Å². The Morgan fingerprint density at radius 2 is 1.94 bits per heavy atom. The molecule has 194 valence electrons. The highest BCUT2D eigenvalue weighted by Gasteiger charge is 2.31. The summed E-state index contributed by atoms with van der Waals surface area (Å²) in [7, 11) is 0. The van der Waals surface area contributed by atoms with E-state index in [2.05, 4.69) is 58.1 Å². The molecule has 2 atom stereocenters. The number of rotatable bonds is 14. The molecule has 35 heavy (non-hydrogen) atoms. The molecular formula is C30H45NO4. The number of esters is 1. The lowest BCUT2D eigenvalue weighted by atomic mass is 10.0. The first kappa shape index (κ1) is 28.7. The Labute approximate surface area is 212 Å². The van der Waals surface area contributed by atoms with Gasteiger partial charge in [0.1, 0.15) is 5.76 Å². The molecule has 0 radical (unpaired) electrons. The third-order valence-corrected chi connectivity index (χ3v) is 6.80. The van der Waals surface area contributed by atoms with Crippen LogP contribution in [-0.4, -0.2) is 41.1 Å². The molecule has 0 aliphatic carbocycles. The smallest absolute Gasteiger partial charge is 0.338 e. The van der Waals surface area contributed by atoms with Gasteiger partial charge in [0.05, 0.1) is 5.57 Å². The molecule has 0 aromatic rings. The summed E-state index contributed by atoms with van der Waals surface area (Å²) in [5.74, 6) is 0.962. The van der Waals surface area contributed by atoms with E-state index >= 15 is 0 Å². The molecule has 2 heterocycles. The van der Waals surface area contributed by atoms with Gasteiger partial charge in [0.2, 0.25) is 5.91 Å². The molecule has 0 spiro atoms. The zero-order valence-corrected chi connectivity index (χ0v) is 22.6. The van der Waals surface area contributed by atoms with Gasteiger partial charge in [-0.1, -0.05) is 62.3 Å². The topological polar surface area (TPSA) is 66.8 Å². The summed E-state index contributed by atoms with van der Waals surface area (Å²) in [6.45, 7) is 14.0. The highest BCUT2D eigenvalue weighted by atomic mass is 16.6. The normalized spacial score (nSPS) is 20.5. The van der Waals surface area contributed by atoms with E-state index < -0.39 is 12.1 Å². The minimum absolute atomic E-state index is 0.0661. The molecule has 0 unspecified atom stereocenters. The predicted molar refractivity (Wildman–Crippen MR) is 143 cm³/mol. The molecule has 5 nitrogen and oxygen atoms in total. The van der Waals surface area contributed by atoms with Crippen molar-refractivity contribution in [2.75, 3.05) is 13.1 Å². The number of carbonyl (C=O) groups is 2. The molecule has 1 N–H and O–H groups in total. The number of nitrogens with zero attached hydrogens (tertiary/aromatic N) is 1. The van der Waals surface area contributed by atoms with Crippen molar-refractivity contribution in [2.45, 2.75) is 92.6 Å². The van der Waals surface area contributed by atoms with Crippen molar-refractivity contribution in [3.8, 4) is 0 Å². The Morgan fingerprint density at radius 3 is 2.60 bits per heavy atom. The van der Waals surface area contributed by atoms with Crippen LogP contribution in [0.2, 0.25) is 0 Å². The molecule has 0 bridgehead atoms. The fourth-order valence-corrected chi connectivity index (χ4v) is 4.28. The largest absolute Gasteiger partial charge is 0.508 e. The van der Waals surface area contributed by atoms with Crippen molar-refractivity contribution in [1.82, 2.24) is 4.90 Å².